The predicted octanol–water partition coefficient (Wildman–Crippen LogP) is 3.61. The van der Waals surface area contributed by atoms with E-state index in [1.165, 1.54) is 0 Å². The average molecular weight is 316 g/mol. The molecule has 3 N–H and O–H groups in total. The molecule has 1 aromatic heterocycles. The Morgan fingerprint density at radius 2 is 2.00 bits per heavy atom. The molecule has 0 saturated carbocycles. The standard InChI is InChI=1S/C14H13ClF3N3/c1-8-4-9(6-10(15)5-8)13(21-19)11-7-20-3-2-12(11)14(16,17)18/h2-7,13,21H,19H2,1H3. The lowest BCUT2D eigenvalue weighted by molar-refractivity contribution is -0.138. The summed E-state index contributed by atoms with van der Waals surface area (Å²) in [4.78, 5) is 3.77. The largest absolute Gasteiger partial charge is 0.416 e. The highest BCUT2D eigenvalue weighted by Gasteiger charge is 2.35. The summed E-state index contributed by atoms with van der Waals surface area (Å²) in [5.74, 6) is 5.46. The van der Waals surface area contributed by atoms with Gasteiger partial charge in [-0.05, 0) is 36.2 Å². The van der Waals surface area contributed by atoms with Gasteiger partial charge in [0.15, 0.2) is 0 Å². The summed E-state index contributed by atoms with van der Waals surface area (Å²) in [6.07, 6.45) is -2.23. The van der Waals surface area contributed by atoms with Gasteiger partial charge in [-0.2, -0.15) is 13.2 Å². The van der Waals surface area contributed by atoms with Gasteiger partial charge in [-0.1, -0.05) is 17.7 Å². The smallest absolute Gasteiger partial charge is 0.271 e. The van der Waals surface area contributed by atoms with Gasteiger partial charge in [0, 0.05) is 23.0 Å². The van der Waals surface area contributed by atoms with Gasteiger partial charge < -0.3 is 0 Å². The van der Waals surface area contributed by atoms with Crippen molar-refractivity contribution in [2.75, 3.05) is 0 Å². The lowest BCUT2D eigenvalue weighted by atomic mass is 9.95. The highest BCUT2D eigenvalue weighted by molar-refractivity contribution is 6.30. The van der Waals surface area contributed by atoms with E-state index < -0.39 is 17.8 Å². The Kier molecular flexibility index (Phi) is 4.51. The minimum absolute atomic E-state index is 0.0471. The van der Waals surface area contributed by atoms with E-state index in [2.05, 4.69) is 10.4 Å². The third-order valence-electron chi connectivity index (χ3n) is 3.03. The molecule has 0 fully saturated rings. The second-order valence-corrected chi connectivity index (χ2v) is 5.06. The number of pyridine rings is 1. The number of hydrazine groups is 1. The monoisotopic (exact) mass is 315 g/mol. The van der Waals surface area contributed by atoms with Crippen molar-refractivity contribution in [2.45, 2.75) is 19.1 Å². The number of nitrogens with two attached hydrogens (primary N) is 1. The molecule has 0 saturated heterocycles. The third-order valence-corrected chi connectivity index (χ3v) is 3.25. The first-order chi connectivity index (χ1) is 9.82. The lowest BCUT2D eigenvalue weighted by Crippen LogP contribution is -2.30. The van der Waals surface area contributed by atoms with Crippen LogP contribution in [0.4, 0.5) is 13.2 Å². The first-order valence-electron chi connectivity index (χ1n) is 6.07. The summed E-state index contributed by atoms with van der Waals surface area (Å²) >= 11 is 5.96. The maximum absolute atomic E-state index is 13.1. The molecule has 2 aromatic rings. The van der Waals surface area contributed by atoms with Crippen molar-refractivity contribution in [3.8, 4) is 0 Å². The maximum Gasteiger partial charge on any atom is 0.416 e. The number of halogens is 4. The van der Waals surface area contributed by atoms with Crippen LogP contribution in [-0.2, 0) is 6.18 Å². The molecule has 1 atom stereocenters. The molecule has 7 heteroatoms. The molecule has 0 amide bonds. The fraction of sp³-hybridized carbons (Fsp3) is 0.214. The molecule has 21 heavy (non-hydrogen) atoms. The zero-order valence-corrected chi connectivity index (χ0v) is 11.8. The van der Waals surface area contributed by atoms with Crippen molar-refractivity contribution in [1.82, 2.24) is 10.4 Å². The van der Waals surface area contributed by atoms with Gasteiger partial charge >= 0.3 is 6.18 Å². The van der Waals surface area contributed by atoms with Crippen molar-refractivity contribution < 1.29 is 13.2 Å². The van der Waals surface area contributed by atoms with Crippen LogP contribution in [-0.4, -0.2) is 4.98 Å². The molecular formula is C14H13ClF3N3. The van der Waals surface area contributed by atoms with Crippen molar-refractivity contribution in [3.63, 3.8) is 0 Å². The number of hydrogen-bond acceptors (Lipinski definition) is 3. The molecule has 2 rings (SSSR count). The summed E-state index contributed by atoms with van der Waals surface area (Å²) in [5.41, 5.74) is 2.95. The fourth-order valence-corrected chi connectivity index (χ4v) is 2.49. The predicted molar refractivity (Wildman–Crippen MR) is 74.6 cm³/mol. The second-order valence-electron chi connectivity index (χ2n) is 4.62. The van der Waals surface area contributed by atoms with Gasteiger partial charge in [0.2, 0.25) is 0 Å². The maximum atomic E-state index is 13.1. The van der Waals surface area contributed by atoms with Gasteiger partial charge in [-0.15, -0.1) is 0 Å². The van der Waals surface area contributed by atoms with E-state index >= 15 is 0 Å². The van der Waals surface area contributed by atoms with Gasteiger partial charge in [-0.3, -0.25) is 10.8 Å². The highest BCUT2D eigenvalue weighted by atomic mass is 35.5. The fourth-order valence-electron chi connectivity index (χ4n) is 2.19. The molecule has 0 radical (unpaired) electrons. The topological polar surface area (TPSA) is 50.9 Å². The Balaban J connectivity index is 2.57. The van der Waals surface area contributed by atoms with Crippen LogP contribution in [0.3, 0.4) is 0 Å². The van der Waals surface area contributed by atoms with Crippen LogP contribution < -0.4 is 11.3 Å². The van der Waals surface area contributed by atoms with Gasteiger partial charge in [-0.25, -0.2) is 5.43 Å². The number of nitrogens with one attached hydrogen (secondary N) is 1. The summed E-state index contributed by atoms with van der Waals surface area (Å²) < 4.78 is 39.3. The summed E-state index contributed by atoms with van der Waals surface area (Å²) in [5, 5.41) is 0.433. The number of alkyl halides is 3. The number of rotatable bonds is 3. The molecule has 1 aromatic carbocycles. The Labute approximate surface area is 124 Å². The Hall–Kier alpha value is -1.63. The van der Waals surface area contributed by atoms with Crippen molar-refractivity contribution in [1.29, 1.82) is 0 Å². The zero-order valence-electron chi connectivity index (χ0n) is 11.1. The van der Waals surface area contributed by atoms with Crippen LogP contribution in [0, 0.1) is 6.92 Å². The van der Waals surface area contributed by atoms with Crippen LogP contribution in [0.2, 0.25) is 5.02 Å². The van der Waals surface area contributed by atoms with E-state index in [1.807, 2.05) is 0 Å². The number of benzene rings is 1. The summed E-state index contributed by atoms with van der Waals surface area (Å²) in [6.45, 7) is 1.80. The van der Waals surface area contributed by atoms with E-state index in [0.717, 1.165) is 24.0 Å². The Morgan fingerprint density at radius 1 is 1.29 bits per heavy atom. The SMILES string of the molecule is Cc1cc(Cl)cc(C(NN)c2cnccc2C(F)(F)F)c1. The summed E-state index contributed by atoms with van der Waals surface area (Å²) in [6, 6.07) is 5.09. The van der Waals surface area contributed by atoms with Crippen LogP contribution in [0.5, 0.6) is 0 Å². The number of nitrogens with zero attached hydrogens (tertiary/aromatic N) is 1. The van der Waals surface area contributed by atoms with E-state index in [1.54, 1.807) is 25.1 Å². The zero-order chi connectivity index (χ0) is 15.6. The molecule has 1 unspecified atom stereocenters. The summed E-state index contributed by atoms with van der Waals surface area (Å²) in [7, 11) is 0. The number of aryl methyl sites for hydroxylation is 1. The second kappa shape index (κ2) is 6.01. The minimum Gasteiger partial charge on any atom is -0.271 e. The molecule has 112 valence electrons. The van der Waals surface area contributed by atoms with Crippen LogP contribution in [0.15, 0.2) is 36.7 Å². The molecule has 0 aliphatic rings. The van der Waals surface area contributed by atoms with Crippen molar-refractivity contribution in [2.24, 2.45) is 5.84 Å². The van der Waals surface area contributed by atoms with Crippen LogP contribution in [0.1, 0.15) is 28.3 Å². The first-order valence-corrected chi connectivity index (χ1v) is 6.45. The Bertz CT molecular complexity index is 623. The van der Waals surface area contributed by atoms with Gasteiger partial charge in [0.25, 0.3) is 0 Å². The number of hydrogen-bond donors (Lipinski definition) is 2. The molecule has 1 heterocycles. The third kappa shape index (κ3) is 3.53. The highest BCUT2D eigenvalue weighted by Crippen LogP contribution is 2.36. The quantitative estimate of drug-likeness (QED) is 0.672. The van der Waals surface area contributed by atoms with Gasteiger partial charge in [0.1, 0.15) is 0 Å². The minimum atomic E-state index is -4.49. The normalized spacial score (nSPS) is 13.2. The molecule has 0 aliphatic heterocycles. The molecule has 3 nitrogen and oxygen atoms in total. The molecule has 0 spiro atoms. The van der Waals surface area contributed by atoms with E-state index in [-0.39, 0.29) is 5.56 Å². The van der Waals surface area contributed by atoms with E-state index in [4.69, 9.17) is 17.4 Å². The molecule has 0 bridgehead atoms. The average Bonchev–Trinajstić information content (AvgIpc) is 2.38. The van der Waals surface area contributed by atoms with E-state index in [9.17, 15) is 13.2 Å². The lowest BCUT2D eigenvalue weighted by Gasteiger charge is -2.21. The molecular weight excluding hydrogens is 303 g/mol. The van der Waals surface area contributed by atoms with Gasteiger partial charge in [0.05, 0.1) is 11.6 Å². The van der Waals surface area contributed by atoms with Crippen LogP contribution in [0.25, 0.3) is 0 Å². The van der Waals surface area contributed by atoms with Crippen LogP contribution >= 0.6 is 11.6 Å². The first kappa shape index (κ1) is 15.8. The van der Waals surface area contributed by atoms with Crippen molar-refractivity contribution in [3.05, 3.63) is 63.9 Å². The van der Waals surface area contributed by atoms with E-state index in [0.29, 0.717) is 10.6 Å². The van der Waals surface area contributed by atoms with Crippen molar-refractivity contribution >= 4 is 11.6 Å². The Morgan fingerprint density at radius 3 is 2.57 bits per heavy atom. The number of aromatic nitrogens is 1. The molecule has 0 aliphatic carbocycles.